The molecule has 3 heteroatoms. The highest BCUT2D eigenvalue weighted by atomic mass is 32.1. The lowest BCUT2D eigenvalue weighted by atomic mass is 10.0. The fourth-order valence-electron chi connectivity index (χ4n) is 6.39. The van der Waals surface area contributed by atoms with Crippen LogP contribution in [0.15, 0.2) is 134 Å². The summed E-state index contributed by atoms with van der Waals surface area (Å²) in [6.07, 6.45) is 2.18. The van der Waals surface area contributed by atoms with Gasteiger partial charge < -0.3 is 9.13 Å². The second-order valence-corrected chi connectivity index (χ2v) is 11.3. The van der Waals surface area contributed by atoms with Crippen molar-refractivity contribution in [2.75, 3.05) is 0 Å². The molecule has 0 atom stereocenters. The predicted octanol–water partition coefficient (Wildman–Crippen LogP) is 10.2. The summed E-state index contributed by atoms with van der Waals surface area (Å²) in [6.45, 7) is 0. The van der Waals surface area contributed by atoms with Gasteiger partial charge in [0.15, 0.2) is 0 Å². The molecular weight excluding hydrogens is 492 g/mol. The monoisotopic (exact) mass is 514 g/mol. The Morgan fingerprint density at radius 3 is 2.21 bits per heavy atom. The van der Waals surface area contributed by atoms with Crippen LogP contribution in [-0.4, -0.2) is 9.13 Å². The van der Waals surface area contributed by atoms with Gasteiger partial charge in [-0.3, -0.25) is 0 Å². The van der Waals surface area contributed by atoms with Gasteiger partial charge in [-0.05, 0) is 53.9 Å². The Labute approximate surface area is 228 Å². The highest BCUT2D eigenvalue weighted by molar-refractivity contribution is 7.26. The van der Waals surface area contributed by atoms with Crippen LogP contribution in [0.25, 0.3) is 75.0 Å². The molecule has 0 saturated carbocycles. The van der Waals surface area contributed by atoms with Crippen LogP contribution in [0.2, 0.25) is 0 Å². The molecule has 0 unspecified atom stereocenters. The molecule has 0 radical (unpaired) electrons. The SMILES string of the molecule is c1ccc(-n2ccc3cc4ccc5c6ccccc6n(-c6cccc7c6sc6ccccc67)c5c4cc32)cc1. The Kier molecular flexibility index (Phi) is 4.24. The fraction of sp³-hybridized carbons (Fsp3) is 0. The van der Waals surface area contributed by atoms with E-state index in [1.807, 2.05) is 11.3 Å². The van der Waals surface area contributed by atoms with Gasteiger partial charge in [0.2, 0.25) is 0 Å². The maximum atomic E-state index is 2.51. The normalized spacial score (nSPS) is 12.1. The topological polar surface area (TPSA) is 9.86 Å². The van der Waals surface area contributed by atoms with Crippen LogP contribution in [0.5, 0.6) is 0 Å². The summed E-state index contributed by atoms with van der Waals surface area (Å²) >= 11 is 1.89. The molecule has 0 amide bonds. The van der Waals surface area contributed by atoms with E-state index in [2.05, 4.69) is 143 Å². The van der Waals surface area contributed by atoms with Crippen molar-refractivity contribution in [3.8, 4) is 11.4 Å². The predicted molar refractivity (Wildman–Crippen MR) is 168 cm³/mol. The van der Waals surface area contributed by atoms with Crippen LogP contribution in [0.4, 0.5) is 0 Å². The van der Waals surface area contributed by atoms with Crippen LogP contribution in [0.3, 0.4) is 0 Å². The van der Waals surface area contributed by atoms with E-state index in [-0.39, 0.29) is 0 Å². The van der Waals surface area contributed by atoms with Gasteiger partial charge in [0.05, 0.1) is 26.9 Å². The van der Waals surface area contributed by atoms with Crippen LogP contribution in [0, 0.1) is 0 Å². The summed E-state index contributed by atoms with van der Waals surface area (Å²) in [4.78, 5) is 0. The van der Waals surface area contributed by atoms with E-state index in [1.165, 1.54) is 75.0 Å². The van der Waals surface area contributed by atoms with Gasteiger partial charge in [0.1, 0.15) is 0 Å². The number of thiophene rings is 1. The summed E-state index contributed by atoms with van der Waals surface area (Å²) in [5, 5.41) is 8.99. The molecule has 0 bridgehead atoms. The Morgan fingerprint density at radius 2 is 1.28 bits per heavy atom. The molecule has 2 nitrogen and oxygen atoms in total. The van der Waals surface area contributed by atoms with Crippen molar-refractivity contribution >= 4 is 75.0 Å². The lowest BCUT2D eigenvalue weighted by molar-refractivity contribution is 1.13. The quantitative estimate of drug-likeness (QED) is 0.217. The molecule has 9 rings (SSSR count). The third-order valence-corrected chi connectivity index (χ3v) is 9.33. The summed E-state index contributed by atoms with van der Waals surface area (Å²) < 4.78 is 7.46. The van der Waals surface area contributed by atoms with E-state index in [1.54, 1.807) is 0 Å². The Balaban J connectivity index is 1.46. The van der Waals surface area contributed by atoms with Crippen LogP contribution in [-0.2, 0) is 0 Å². The smallest absolute Gasteiger partial charge is 0.0641 e. The van der Waals surface area contributed by atoms with E-state index in [0.717, 1.165) is 0 Å². The lowest BCUT2D eigenvalue weighted by Gasteiger charge is -2.12. The Bertz CT molecular complexity index is 2390. The minimum absolute atomic E-state index is 1.18. The summed E-state index contributed by atoms with van der Waals surface area (Å²) in [7, 11) is 0. The number of rotatable bonds is 2. The number of fused-ring (bicyclic) bond motifs is 9. The van der Waals surface area contributed by atoms with Crippen LogP contribution < -0.4 is 0 Å². The Morgan fingerprint density at radius 1 is 0.487 bits per heavy atom. The second kappa shape index (κ2) is 7.83. The molecular formula is C36H22N2S. The van der Waals surface area contributed by atoms with E-state index < -0.39 is 0 Å². The number of hydrogen-bond donors (Lipinski definition) is 0. The highest BCUT2D eigenvalue weighted by Crippen LogP contribution is 2.43. The minimum atomic E-state index is 1.18. The maximum absolute atomic E-state index is 2.51. The van der Waals surface area contributed by atoms with Crippen molar-refractivity contribution in [1.82, 2.24) is 9.13 Å². The summed E-state index contributed by atoms with van der Waals surface area (Å²) in [5.74, 6) is 0. The molecule has 0 N–H and O–H groups in total. The van der Waals surface area contributed by atoms with Crippen molar-refractivity contribution < 1.29 is 0 Å². The maximum Gasteiger partial charge on any atom is 0.0641 e. The molecule has 0 fully saturated rings. The van der Waals surface area contributed by atoms with Crippen LogP contribution >= 0.6 is 11.3 Å². The molecule has 6 aromatic carbocycles. The first-order valence-electron chi connectivity index (χ1n) is 13.3. The van der Waals surface area contributed by atoms with Gasteiger partial charge >= 0.3 is 0 Å². The first-order chi connectivity index (χ1) is 19.3. The van der Waals surface area contributed by atoms with E-state index >= 15 is 0 Å². The van der Waals surface area contributed by atoms with Crippen LogP contribution in [0.1, 0.15) is 0 Å². The number of hydrogen-bond acceptors (Lipinski definition) is 1. The van der Waals surface area contributed by atoms with E-state index in [0.29, 0.717) is 0 Å². The third kappa shape index (κ3) is 2.91. The Hall–Kier alpha value is -4.86. The zero-order valence-electron chi connectivity index (χ0n) is 21.0. The number of nitrogens with zero attached hydrogens (tertiary/aromatic N) is 2. The summed E-state index contributed by atoms with van der Waals surface area (Å²) in [6, 6.07) is 46.5. The molecule has 0 aliphatic carbocycles. The molecule has 3 heterocycles. The fourth-order valence-corrected chi connectivity index (χ4v) is 7.59. The summed E-state index contributed by atoms with van der Waals surface area (Å²) in [5.41, 5.74) is 6.14. The molecule has 3 aromatic heterocycles. The van der Waals surface area contributed by atoms with Crippen molar-refractivity contribution in [2.45, 2.75) is 0 Å². The molecule has 39 heavy (non-hydrogen) atoms. The van der Waals surface area contributed by atoms with Gasteiger partial charge in [-0.1, -0.05) is 78.9 Å². The van der Waals surface area contributed by atoms with Gasteiger partial charge in [-0.2, -0.15) is 0 Å². The van der Waals surface area contributed by atoms with Gasteiger partial charge in [-0.25, -0.2) is 0 Å². The van der Waals surface area contributed by atoms with E-state index in [4.69, 9.17) is 0 Å². The first kappa shape index (κ1) is 21.1. The second-order valence-electron chi connectivity index (χ2n) is 10.2. The first-order valence-corrected chi connectivity index (χ1v) is 14.1. The number of benzene rings is 6. The van der Waals surface area contributed by atoms with Gasteiger partial charge in [0.25, 0.3) is 0 Å². The molecule has 9 aromatic rings. The van der Waals surface area contributed by atoms with Crippen molar-refractivity contribution in [3.05, 3.63) is 134 Å². The molecule has 0 aliphatic heterocycles. The standard InChI is InChI=1S/C36H22N2S/c1-2-9-25(10-3-1)37-20-19-24-21-23-17-18-28-26-11-4-6-14-31(26)38(35(28)30(23)22-33(24)37)32-15-8-13-29-27-12-5-7-16-34(27)39-36(29)32/h1-22H. The van der Waals surface area contributed by atoms with Crippen molar-refractivity contribution in [3.63, 3.8) is 0 Å². The zero-order chi connectivity index (χ0) is 25.5. The lowest BCUT2D eigenvalue weighted by Crippen LogP contribution is -1.95. The minimum Gasteiger partial charge on any atom is -0.317 e. The largest absolute Gasteiger partial charge is 0.317 e. The van der Waals surface area contributed by atoms with Gasteiger partial charge in [-0.15, -0.1) is 11.3 Å². The van der Waals surface area contributed by atoms with Gasteiger partial charge in [0, 0.05) is 48.9 Å². The number of aromatic nitrogens is 2. The molecule has 0 saturated heterocycles. The number of para-hydroxylation sites is 2. The highest BCUT2D eigenvalue weighted by Gasteiger charge is 2.19. The zero-order valence-corrected chi connectivity index (χ0v) is 21.8. The van der Waals surface area contributed by atoms with Crippen molar-refractivity contribution in [1.29, 1.82) is 0 Å². The molecule has 182 valence electrons. The molecule has 0 spiro atoms. The van der Waals surface area contributed by atoms with E-state index in [9.17, 15) is 0 Å². The third-order valence-electron chi connectivity index (χ3n) is 8.12. The average molecular weight is 515 g/mol. The average Bonchev–Trinajstić information content (AvgIpc) is 3.68. The van der Waals surface area contributed by atoms with Crippen molar-refractivity contribution in [2.24, 2.45) is 0 Å². The molecule has 0 aliphatic rings.